The molecule has 1 aliphatic heterocycles. The van der Waals surface area contributed by atoms with Gasteiger partial charge < -0.3 is 0 Å². The summed E-state index contributed by atoms with van der Waals surface area (Å²) in [6.07, 6.45) is 8.06. The highest BCUT2D eigenvalue weighted by Crippen LogP contribution is 2.25. The van der Waals surface area contributed by atoms with E-state index in [1.807, 2.05) is 52.2 Å². The highest BCUT2D eigenvalue weighted by Gasteiger charge is 2.10. The fraction of sp³-hybridized carbons (Fsp3) is 0.333. The topological polar surface area (TPSA) is 25.2 Å². The zero-order valence-electron chi connectivity index (χ0n) is 9.22. The van der Waals surface area contributed by atoms with Gasteiger partial charge in [-0.05, 0) is 36.8 Å². The van der Waals surface area contributed by atoms with Crippen LogP contribution in [0.25, 0.3) is 0 Å². The Labute approximate surface area is 104 Å². The fourth-order valence-corrected chi connectivity index (χ4v) is 2.84. The Morgan fingerprint density at radius 3 is 2.88 bits per heavy atom. The van der Waals surface area contributed by atoms with Crippen molar-refractivity contribution in [1.82, 2.24) is 4.98 Å². The maximum Gasteiger partial charge on any atom is 0.0844 e. The Balaban J connectivity index is 2.05. The van der Waals surface area contributed by atoms with Crippen molar-refractivity contribution < 1.29 is 0 Å². The highest BCUT2D eigenvalue weighted by molar-refractivity contribution is 8.76. The summed E-state index contributed by atoms with van der Waals surface area (Å²) in [5.74, 6) is 1.08. The average Bonchev–Trinajstić information content (AvgIpc) is 2.38. The predicted molar refractivity (Wildman–Crippen MR) is 74.1 cm³/mol. The minimum absolute atomic E-state index is 1.01. The molecule has 1 aromatic rings. The van der Waals surface area contributed by atoms with Gasteiger partial charge in [-0.1, -0.05) is 27.7 Å². The second-order valence-electron chi connectivity index (χ2n) is 3.51. The van der Waals surface area contributed by atoms with Crippen molar-refractivity contribution in [2.45, 2.75) is 12.8 Å². The first kappa shape index (κ1) is 11.7. The number of aromatic nitrogens is 1. The first-order valence-electron chi connectivity index (χ1n) is 5.22. The van der Waals surface area contributed by atoms with Crippen LogP contribution in [-0.2, 0) is 0 Å². The van der Waals surface area contributed by atoms with Gasteiger partial charge >= 0.3 is 0 Å². The van der Waals surface area contributed by atoms with Gasteiger partial charge in [-0.2, -0.15) is 0 Å². The molecular formula is C12H14N2S2. The lowest BCUT2D eigenvalue weighted by atomic mass is 10.0. The van der Waals surface area contributed by atoms with E-state index >= 15 is 0 Å². The summed E-state index contributed by atoms with van der Waals surface area (Å²) in [4.78, 5) is 8.82. The van der Waals surface area contributed by atoms with Crippen molar-refractivity contribution in [3.8, 4) is 0 Å². The number of nitrogens with zero attached hydrogens (tertiary/aromatic N) is 2. The van der Waals surface area contributed by atoms with Crippen LogP contribution >= 0.6 is 21.6 Å². The minimum Gasteiger partial charge on any atom is -0.259 e. The molecule has 2 heterocycles. The zero-order chi connectivity index (χ0) is 11.2. The molecule has 16 heavy (non-hydrogen) atoms. The third kappa shape index (κ3) is 3.12. The maximum absolute atomic E-state index is 4.50. The van der Waals surface area contributed by atoms with E-state index in [0.29, 0.717) is 0 Å². The summed E-state index contributed by atoms with van der Waals surface area (Å²) in [6.45, 7) is 0. The number of rotatable bonds is 4. The number of aliphatic imine (C=N–C) groups is 1. The predicted octanol–water partition coefficient (Wildman–Crippen LogP) is 3.56. The lowest BCUT2D eigenvalue weighted by molar-refractivity contribution is 0.976. The Morgan fingerprint density at radius 2 is 2.25 bits per heavy atom. The summed E-state index contributed by atoms with van der Waals surface area (Å²) in [6, 6.07) is 5.96. The molecule has 0 N–H and O–H groups in total. The van der Waals surface area contributed by atoms with Gasteiger partial charge in [-0.3, -0.25) is 9.98 Å². The SMILES string of the molecule is CSSCC1=CN=C(c2ccccn2)CC1. The third-order valence-electron chi connectivity index (χ3n) is 2.41. The molecule has 0 saturated carbocycles. The van der Waals surface area contributed by atoms with Crippen molar-refractivity contribution in [1.29, 1.82) is 0 Å². The molecule has 4 heteroatoms. The Hall–Kier alpha value is -0.740. The minimum atomic E-state index is 1.01. The first-order valence-corrected chi connectivity index (χ1v) is 7.94. The summed E-state index contributed by atoms with van der Waals surface area (Å²) in [7, 11) is 3.68. The van der Waals surface area contributed by atoms with Crippen molar-refractivity contribution >= 4 is 27.3 Å². The molecule has 1 aromatic heterocycles. The van der Waals surface area contributed by atoms with Gasteiger partial charge in [0.05, 0.1) is 11.4 Å². The van der Waals surface area contributed by atoms with E-state index in [4.69, 9.17) is 0 Å². The van der Waals surface area contributed by atoms with Crippen LogP contribution in [0.15, 0.2) is 41.2 Å². The number of hydrogen-bond donors (Lipinski definition) is 0. The number of pyridine rings is 1. The van der Waals surface area contributed by atoms with Gasteiger partial charge in [0.15, 0.2) is 0 Å². The molecule has 0 saturated heterocycles. The van der Waals surface area contributed by atoms with Gasteiger partial charge in [0.1, 0.15) is 0 Å². The molecule has 0 spiro atoms. The molecule has 0 unspecified atom stereocenters. The van der Waals surface area contributed by atoms with Gasteiger partial charge in [-0.25, -0.2) is 0 Å². The van der Waals surface area contributed by atoms with E-state index < -0.39 is 0 Å². The number of hydrogen-bond acceptors (Lipinski definition) is 4. The quantitative estimate of drug-likeness (QED) is 0.764. The van der Waals surface area contributed by atoms with Crippen molar-refractivity contribution in [2.24, 2.45) is 4.99 Å². The lowest BCUT2D eigenvalue weighted by Crippen LogP contribution is -2.07. The van der Waals surface area contributed by atoms with Crippen LogP contribution in [0.3, 0.4) is 0 Å². The molecular weight excluding hydrogens is 236 g/mol. The summed E-state index contributed by atoms with van der Waals surface area (Å²) < 4.78 is 0. The average molecular weight is 250 g/mol. The van der Waals surface area contributed by atoms with Crippen LogP contribution in [0.2, 0.25) is 0 Å². The van der Waals surface area contributed by atoms with E-state index in [2.05, 4.69) is 16.2 Å². The van der Waals surface area contributed by atoms with Gasteiger partial charge in [-0.15, -0.1) is 0 Å². The van der Waals surface area contributed by atoms with E-state index in [9.17, 15) is 0 Å². The zero-order valence-corrected chi connectivity index (χ0v) is 10.9. The van der Waals surface area contributed by atoms with Gasteiger partial charge in [0.25, 0.3) is 0 Å². The van der Waals surface area contributed by atoms with Crippen LogP contribution in [0.1, 0.15) is 18.5 Å². The molecule has 0 radical (unpaired) electrons. The van der Waals surface area contributed by atoms with Crippen LogP contribution in [0.4, 0.5) is 0 Å². The fourth-order valence-electron chi connectivity index (χ4n) is 1.55. The summed E-state index contributed by atoms with van der Waals surface area (Å²) in [5, 5.41) is 0. The molecule has 1 aliphatic rings. The molecule has 2 rings (SSSR count). The van der Waals surface area contributed by atoms with E-state index in [-0.39, 0.29) is 0 Å². The second kappa shape index (κ2) is 6.11. The summed E-state index contributed by atoms with van der Waals surface area (Å²) in [5.41, 5.74) is 3.55. The van der Waals surface area contributed by atoms with E-state index in [1.165, 1.54) is 5.57 Å². The molecule has 0 fully saturated rings. The van der Waals surface area contributed by atoms with E-state index in [0.717, 1.165) is 30.0 Å². The molecule has 0 bridgehead atoms. The maximum atomic E-state index is 4.50. The lowest BCUT2D eigenvalue weighted by Gasteiger charge is -2.12. The smallest absolute Gasteiger partial charge is 0.0844 e. The van der Waals surface area contributed by atoms with Crippen LogP contribution in [-0.4, -0.2) is 22.7 Å². The van der Waals surface area contributed by atoms with Crippen molar-refractivity contribution in [3.63, 3.8) is 0 Å². The molecule has 0 atom stereocenters. The first-order chi connectivity index (χ1) is 7.90. The van der Waals surface area contributed by atoms with Crippen molar-refractivity contribution in [2.75, 3.05) is 12.0 Å². The molecule has 0 amide bonds. The van der Waals surface area contributed by atoms with Gasteiger partial charge in [0, 0.05) is 18.1 Å². The van der Waals surface area contributed by atoms with Crippen LogP contribution < -0.4 is 0 Å². The monoisotopic (exact) mass is 250 g/mol. The molecule has 0 aliphatic carbocycles. The van der Waals surface area contributed by atoms with E-state index in [1.54, 1.807) is 0 Å². The van der Waals surface area contributed by atoms with Crippen molar-refractivity contribution in [3.05, 3.63) is 41.9 Å². The standard InChI is InChI=1S/C12H14N2S2/c1-15-16-9-10-5-6-12(14-8-10)11-4-2-3-7-13-11/h2-4,7-8H,5-6,9H2,1H3. The van der Waals surface area contributed by atoms with Gasteiger partial charge in [0.2, 0.25) is 0 Å². The Morgan fingerprint density at radius 1 is 1.31 bits per heavy atom. The molecule has 84 valence electrons. The largest absolute Gasteiger partial charge is 0.259 e. The molecule has 2 nitrogen and oxygen atoms in total. The Bertz CT molecular complexity index is 399. The highest BCUT2D eigenvalue weighted by atomic mass is 33.1. The third-order valence-corrected chi connectivity index (χ3v) is 4.19. The van der Waals surface area contributed by atoms with Crippen LogP contribution in [0.5, 0.6) is 0 Å². The van der Waals surface area contributed by atoms with Crippen LogP contribution in [0, 0.1) is 0 Å². The molecule has 0 aromatic carbocycles. The Kier molecular flexibility index (Phi) is 4.48. The normalized spacial score (nSPS) is 15.6. The summed E-state index contributed by atoms with van der Waals surface area (Å²) >= 11 is 0. The second-order valence-corrected chi connectivity index (χ2v) is 6.07.